The van der Waals surface area contributed by atoms with E-state index in [1.165, 1.54) is 0 Å². The number of amides is 2. The van der Waals surface area contributed by atoms with Crippen LogP contribution in [-0.2, 0) is 0 Å². The van der Waals surface area contributed by atoms with Gasteiger partial charge in [0.25, 0.3) is 0 Å². The summed E-state index contributed by atoms with van der Waals surface area (Å²) in [6.07, 6.45) is 3.25. The van der Waals surface area contributed by atoms with Crippen molar-refractivity contribution in [3.8, 4) is 22.5 Å². The first-order valence-electron chi connectivity index (χ1n) is 10.3. The maximum absolute atomic E-state index is 12.6. The van der Waals surface area contributed by atoms with E-state index in [4.69, 9.17) is 17.3 Å². The number of nitrogens with one attached hydrogen (secondary N) is 3. The standard InChI is InChI=1S/C24H19ClN8O/c1-13-7-8-17(12-27-13)29-24(34)32-23-22(26)30-20(14-5-3-2-4-6-14)21(31-23)15-9-16-11-28-33-19(16)18(25)10-15/h2-12H,1H3,(H2,26,30)(H,28,33)(H2,29,31,32,34). The van der Waals surface area contributed by atoms with Crippen LogP contribution in [0.15, 0.2) is 67.0 Å². The summed E-state index contributed by atoms with van der Waals surface area (Å²) in [4.78, 5) is 26.0. The van der Waals surface area contributed by atoms with Crippen molar-refractivity contribution in [2.75, 3.05) is 16.4 Å². The van der Waals surface area contributed by atoms with Gasteiger partial charge < -0.3 is 11.1 Å². The number of fused-ring (bicyclic) bond motifs is 1. The fraction of sp³-hybridized carbons (Fsp3) is 0.0417. The third kappa shape index (κ3) is 4.24. The minimum atomic E-state index is -0.520. The van der Waals surface area contributed by atoms with Crippen LogP contribution in [0.25, 0.3) is 33.4 Å². The first kappa shape index (κ1) is 21.4. The van der Waals surface area contributed by atoms with Gasteiger partial charge in [-0.2, -0.15) is 5.10 Å². The second-order valence-corrected chi connectivity index (χ2v) is 7.99. The van der Waals surface area contributed by atoms with Crippen molar-refractivity contribution in [2.45, 2.75) is 6.92 Å². The Balaban J connectivity index is 1.57. The Labute approximate surface area is 199 Å². The fourth-order valence-electron chi connectivity index (χ4n) is 3.50. The second kappa shape index (κ2) is 8.80. The Morgan fingerprint density at radius 1 is 0.971 bits per heavy atom. The molecule has 0 unspecified atom stereocenters. The molecule has 5 N–H and O–H groups in total. The van der Waals surface area contributed by atoms with E-state index in [0.29, 0.717) is 27.7 Å². The number of carbonyl (C=O) groups excluding carboxylic acids is 1. The van der Waals surface area contributed by atoms with Gasteiger partial charge >= 0.3 is 6.03 Å². The number of nitrogens with zero attached hydrogens (tertiary/aromatic N) is 4. The Hall–Kier alpha value is -4.50. The maximum atomic E-state index is 12.6. The quantitative estimate of drug-likeness (QED) is 0.282. The number of aromatic nitrogens is 5. The molecule has 10 heteroatoms. The van der Waals surface area contributed by atoms with E-state index >= 15 is 0 Å². The maximum Gasteiger partial charge on any atom is 0.324 e. The van der Waals surface area contributed by atoms with Gasteiger partial charge in [-0.15, -0.1) is 0 Å². The lowest BCUT2D eigenvalue weighted by molar-refractivity contribution is 0.262. The zero-order valence-corrected chi connectivity index (χ0v) is 18.8. The number of anilines is 3. The van der Waals surface area contributed by atoms with Crippen molar-refractivity contribution in [2.24, 2.45) is 0 Å². The molecule has 0 saturated carbocycles. The number of hydrogen-bond donors (Lipinski definition) is 4. The molecule has 168 valence electrons. The van der Waals surface area contributed by atoms with Crippen LogP contribution >= 0.6 is 11.6 Å². The molecule has 5 aromatic rings. The van der Waals surface area contributed by atoms with Crippen molar-refractivity contribution in [1.29, 1.82) is 0 Å². The molecule has 0 aliphatic carbocycles. The number of hydrogen-bond acceptors (Lipinski definition) is 6. The van der Waals surface area contributed by atoms with Crippen LogP contribution in [0.5, 0.6) is 0 Å². The molecule has 0 bridgehead atoms. The fourth-order valence-corrected chi connectivity index (χ4v) is 3.77. The van der Waals surface area contributed by atoms with Crippen LogP contribution in [0, 0.1) is 6.92 Å². The molecular weight excluding hydrogens is 452 g/mol. The normalized spacial score (nSPS) is 10.9. The minimum Gasteiger partial charge on any atom is -0.381 e. The highest BCUT2D eigenvalue weighted by Gasteiger charge is 2.18. The van der Waals surface area contributed by atoms with E-state index in [9.17, 15) is 4.79 Å². The molecule has 3 heterocycles. The lowest BCUT2D eigenvalue weighted by Gasteiger charge is -2.14. The SMILES string of the molecule is Cc1ccc(NC(=O)Nc2nc(-c3cc(Cl)c4[nH]ncc4c3)c(-c3ccccc3)nc2N)cn1. The second-order valence-electron chi connectivity index (χ2n) is 7.58. The number of halogens is 1. The predicted molar refractivity (Wildman–Crippen MR) is 134 cm³/mol. The van der Waals surface area contributed by atoms with Crippen LogP contribution in [-0.4, -0.2) is 31.2 Å². The van der Waals surface area contributed by atoms with E-state index < -0.39 is 6.03 Å². The molecule has 2 aromatic carbocycles. The average Bonchev–Trinajstić information content (AvgIpc) is 3.32. The molecule has 0 spiro atoms. The van der Waals surface area contributed by atoms with Gasteiger partial charge in [-0.25, -0.2) is 14.8 Å². The zero-order valence-electron chi connectivity index (χ0n) is 18.0. The van der Waals surface area contributed by atoms with E-state index in [1.54, 1.807) is 30.6 Å². The average molecular weight is 471 g/mol. The van der Waals surface area contributed by atoms with Gasteiger partial charge in [0, 0.05) is 22.2 Å². The number of aromatic amines is 1. The Kier molecular flexibility index (Phi) is 5.52. The molecule has 3 aromatic heterocycles. The largest absolute Gasteiger partial charge is 0.381 e. The molecule has 5 rings (SSSR count). The van der Waals surface area contributed by atoms with E-state index in [0.717, 1.165) is 22.2 Å². The lowest BCUT2D eigenvalue weighted by atomic mass is 10.0. The topological polar surface area (TPSA) is 134 Å². The van der Waals surface area contributed by atoms with E-state index in [-0.39, 0.29) is 11.6 Å². The van der Waals surface area contributed by atoms with Gasteiger partial charge in [0.1, 0.15) is 0 Å². The molecule has 0 atom stereocenters. The molecule has 0 aliphatic rings. The third-order valence-corrected chi connectivity index (χ3v) is 5.44. The summed E-state index contributed by atoms with van der Waals surface area (Å²) in [6.45, 7) is 1.86. The highest BCUT2D eigenvalue weighted by molar-refractivity contribution is 6.35. The number of urea groups is 1. The summed E-state index contributed by atoms with van der Waals surface area (Å²) in [7, 11) is 0. The smallest absolute Gasteiger partial charge is 0.324 e. The number of pyridine rings is 1. The molecule has 0 aliphatic heterocycles. The number of rotatable bonds is 4. The van der Waals surface area contributed by atoms with E-state index in [2.05, 4.69) is 35.8 Å². The summed E-state index contributed by atoms with van der Waals surface area (Å²) < 4.78 is 0. The van der Waals surface area contributed by atoms with Crippen LogP contribution in [0.4, 0.5) is 22.1 Å². The van der Waals surface area contributed by atoms with Crippen LogP contribution in [0.1, 0.15) is 5.69 Å². The van der Waals surface area contributed by atoms with Crippen molar-refractivity contribution in [3.05, 3.63) is 77.7 Å². The van der Waals surface area contributed by atoms with Crippen LogP contribution in [0.2, 0.25) is 5.02 Å². The van der Waals surface area contributed by atoms with Gasteiger partial charge in [0.2, 0.25) is 0 Å². The Morgan fingerprint density at radius 2 is 1.76 bits per heavy atom. The molecule has 0 radical (unpaired) electrons. The zero-order chi connectivity index (χ0) is 23.7. The number of carbonyl (C=O) groups is 1. The molecular formula is C24H19ClN8O. The summed E-state index contributed by atoms with van der Waals surface area (Å²) >= 11 is 6.48. The van der Waals surface area contributed by atoms with Gasteiger partial charge in [-0.1, -0.05) is 41.9 Å². The molecule has 0 saturated heterocycles. The van der Waals surface area contributed by atoms with Gasteiger partial charge in [-0.3, -0.25) is 15.4 Å². The van der Waals surface area contributed by atoms with Gasteiger partial charge in [0.05, 0.1) is 40.0 Å². The first-order valence-corrected chi connectivity index (χ1v) is 10.7. The predicted octanol–water partition coefficient (Wildman–Crippen LogP) is 5.27. The van der Waals surface area contributed by atoms with Crippen molar-refractivity contribution in [3.63, 3.8) is 0 Å². The summed E-state index contributed by atoms with van der Waals surface area (Å²) in [6, 6.07) is 16.2. The highest BCUT2D eigenvalue weighted by atomic mass is 35.5. The number of aryl methyl sites for hydroxylation is 1. The van der Waals surface area contributed by atoms with Crippen molar-refractivity contribution in [1.82, 2.24) is 25.1 Å². The molecule has 2 amide bonds. The van der Waals surface area contributed by atoms with Crippen molar-refractivity contribution < 1.29 is 4.79 Å². The highest BCUT2D eigenvalue weighted by Crippen LogP contribution is 2.35. The number of H-pyrrole nitrogens is 1. The van der Waals surface area contributed by atoms with Crippen molar-refractivity contribution >= 4 is 45.9 Å². The summed E-state index contributed by atoms with van der Waals surface area (Å²) in [5.74, 6) is 0.200. The number of benzene rings is 2. The monoisotopic (exact) mass is 470 g/mol. The Bertz CT molecular complexity index is 1500. The van der Waals surface area contributed by atoms with Gasteiger partial charge in [0.15, 0.2) is 11.6 Å². The molecule has 34 heavy (non-hydrogen) atoms. The van der Waals surface area contributed by atoms with Crippen LogP contribution in [0.3, 0.4) is 0 Å². The minimum absolute atomic E-state index is 0.0790. The molecule has 9 nitrogen and oxygen atoms in total. The number of nitrogen functional groups attached to an aromatic ring is 1. The lowest BCUT2D eigenvalue weighted by Crippen LogP contribution is -2.21. The van der Waals surface area contributed by atoms with E-state index in [1.807, 2.05) is 43.3 Å². The van der Waals surface area contributed by atoms with Crippen LogP contribution < -0.4 is 16.4 Å². The third-order valence-electron chi connectivity index (χ3n) is 5.15. The number of nitrogens with two attached hydrogens (primary N) is 1. The van der Waals surface area contributed by atoms with Gasteiger partial charge in [-0.05, 0) is 31.2 Å². The Morgan fingerprint density at radius 3 is 2.53 bits per heavy atom. The molecule has 0 fully saturated rings. The summed E-state index contributed by atoms with van der Waals surface area (Å²) in [5, 5.41) is 13.6. The first-order chi connectivity index (χ1) is 16.5. The summed E-state index contributed by atoms with van der Waals surface area (Å²) in [5.41, 5.74) is 10.9.